The van der Waals surface area contributed by atoms with Crippen molar-refractivity contribution in [3.05, 3.63) is 53.5 Å². The van der Waals surface area contributed by atoms with E-state index in [1.54, 1.807) is 19.1 Å². The molecule has 0 aliphatic carbocycles. The van der Waals surface area contributed by atoms with E-state index in [1.807, 2.05) is 0 Å². The lowest BCUT2D eigenvalue weighted by Gasteiger charge is -2.13. The molecule has 1 unspecified atom stereocenters. The molecule has 1 atom stereocenters. The fraction of sp³-hybridized carbons (Fsp3) is 0.267. The predicted molar refractivity (Wildman–Crippen MR) is 73.8 cm³/mol. The number of hydrogen-bond donors (Lipinski definition) is 2. The molecular formula is C15H15F2NO4. The molecule has 0 bridgehead atoms. The first-order valence-corrected chi connectivity index (χ1v) is 6.52. The van der Waals surface area contributed by atoms with Crippen molar-refractivity contribution in [3.8, 4) is 5.75 Å². The van der Waals surface area contributed by atoms with Gasteiger partial charge >= 0.3 is 6.61 Å². The van der Waals surface area contributed by atoms with Gasteiger partial charge in [0.1, 0.15) is 5.75 Å². The monoisotopic (exact) mass is 311 g/mol. The SMILES string of the molecule is Cc1ccoc1C(=O)NCC(O)c1cccc(OC(F)F)c1. The molecule has 0 spiro atoms. The van der Waals surface area contributed by atoms with Crippen LogP contribution in [-0.4, -0.2) is 24.2 Å². The van der Waals surface area contributed by atoms with Gasteiger partial charge in [0.15, 0.2) is 5.76 Å². The number of carbonyl (C=O) groups excluding carboxylic acids is 1. The molecule has 1 aromatic carbocycles. The summed E-state index contributed by atoms with van der Waals surface area (Å²) in [5.74, 6) is -0.344. The number of ether oxygens (including phenoxy) is 1. The van der Waals surface area contributed by atoms with Crippen molar-refractivity contribution in [1.82, 2.24) is 5.32 Å². The van der Waals surface area contributed by atoms with Gasteiger partial charge < -0.3 is 19.6 Å². The van der Waals surface area contributed by atoms with Crippen LogP contribution in [0, 0.1) is 6.92 Å². The molecule has 0 aliphatic heterocycles. The number of aliphatic hydroxyl groups excluding tert-OH is 1. The van der Waals surface area contributed by atoms with Crippen LogP contribution in [0.4, 0.5) is 8.78 Å². The van der Waals surface area contributed by atoms with E-state index in [-0.39, 0.29) is 18.1 Å². The van der Waals surface area contributed by atoms with Gasteiger partial charge in [-0.15, -0.1) is 0 Å². The van der Waals surface area contributed by atoms with E-state index in [2.05, 4.69) is 10.1 Å². The zero-order valence-electron chi connectivity index (χ0n) is 11.8. The summed E-state index contributed by atoms with van der Waals surface area (Å²) in [6.45, 7) is -1.30. The lowest BCUT2D eigenvalue weighted by atomic mass is 10.1. The molecule has 22 heavy (non-hydrogen) atoms. The number of nitrogens with one attached hydrogen (secondary N) is 1. The van der Waals surface area contributed by atoms with E-state index in [9.17, 15) is 18.7 Å². The highest BCUT2D eigenvalue weighted by molar-refractivity contribution is 5.92. The first-order chi connectivity index (χ1) is 10.5. The smallest absolute Gasteiger partial charge is 0.387 e. The number of alkyl halides is 2. The third kappa shape index (κ3) is 4.05. The summed E-state index contributed by atoms with van der Waals surface area (Å²) >= 11 is 0. The summed E-state index contributed by atoms with van der Waals surface area (Å²) in [6, 6.07) is 7.33. The lowest BCUT2D eigenvalue weighted by Crippen LogP contribution is -2.28. The van der Waals surface area contributed by atoms with Crippen LogP contribution in [0.5, 0.6) is 5.75 Å². The molecule has 0 saturated heterocycles. The Bertz CT molecular complexity index is 642. The highest BCUT2D eigenvalue weighted by atomic mass is 19.3. The van der Waals surface area contributed by atoms with Gasteiger partial charge in [0.25, 0.3) is 5.91 Å². The third-order valence-corrected chi connectivity index (χ3v) is 2.99. The Morgan fingerprint density at radius 2 is 2.18 bits per heavy atom. The summed E-state index contributed by atoms with van der Waals surface area (Å²) in [7, 11) is 0. The van der Waals surface area contributed by atoms with E-state index in [0.717, 1.165) is 0 Å². The molecule has 118 valence electrons. The zero-order valence-corrected chi connectivity index (χ0v) is 11.8. The maximum atomic E-state index is 12.1. The van der Waals surface area contributed by atoms with Gasteiger partial charge in [-0.2, -0.15) is 8.78 Å². The highest BCUT2D eigenvalue weighted by Gasteiger charge is 2.15. The molecular weight excluding hydrogens is 296 g/mol. The van der Waals surface area contributed by atoms with Crippen LogP contribution in [0.3, 0.4) is 0 Å². The van der Waals surface area contributed by atoms with Crippen molar-refractivity contribution in [3.63, 3.8) is 0 Å². The van der Waals surface area contributed by atoms with Gasteiger partial charge in [-0.3, -0.25) is 4.79 Å². The number of amides is 1. The molecule has 1 heterocycles. The maximum absolute atomic E-state index is 12.1. The van der Waals surface area contributed by atoms with Crippen LogP contribution in [0.25, 0.3) is 0 Å². The summed E-state index contributed by atoms with van der Waals surface area (Å²) in [5, 5.41) is 12.5. The number of aryl methyl sites for hydroxylation is 1. The molecule has 0 fully saturated rings. The van der Waals surface area contributed by atoms with Crippen LogP contribution in [0.1, 0.15) is 27.8 Å². The van der Waals surface area contributed by atoms with Gasteiger partial charge in [-0.25, -0.2) is 0 Å². The standard InChI is InChI=1S/C15H15F2NO4/c1-9-5-6-21-13(9)14(20)18-8-12(19)10-3-2-4-11(7-10)22-15(16)17/h2-7,12,15,19H,8H2,1H3,(H,18,20). The fourth-order valence-corrected chi connectivity index (χ4v) is 1.89. The third-order valence-electron chi connectivity index (χ3n) is 2.99. The molecule has 2 aromatic rings. The van der Waals surface area contributed by atoms with Crippen LogP contribution in [-0.2, 0) is 0 Å². The van der Waals surface area contributed by atoms with Gasteiger partial charge in [0.05, 0.1) is 12.4 Å². The lowest BCUT2D eigenvalue weighted by molar-refractivity contribution is -0.0499. The second kappa shape index (κ2) is 7.04. The Labute approximate surface area is 125 Å². The van der Waals surface area contributed by atoms with Crippen molar-refractivity contribution in [2.75, 3.05) is 6.54 Å². The largest absolute Gasteiger partial charge is 0.459 e. The maximum Gasteiger partial charge on any atom is 0.387 e. The van der Waals surface area contributed by atoms with Crippen molar-refractivity contribution in [1.29, 1.82) is 0 Å². The minimum atomic E-state index is -2.94. The molecule has 0 saturated carbocycles. The summed E-state index contributed by atoms with van der Waals surface area (Å²) in [6.07, 6.45) is 0.340. The highest BCUT2D eigenvalue weighted by Crippen LogP contribution is 2.20. The van der Waals surface area contributed by atoms with E-state index in [1.165, 1.54) is 24.5 Å². The number of aliphatic hydroxyl groups is 1. The summed E-state index contributed by atoms with van der Waals surface area (Å²) in [4.78, 5) is 11.8. The van der Waals surface area contributed by atoms with Crippen LogP contribution < -0.4 is 10.1 Å². The predicted octanol–water partition coefficient (Wildman–Crippen LogP) is 2.65. The van der Waals surface area contributed by atoms with E-state index in [4.69, 9.17) is 4.42 Å². The van der Waals surface area contributed by atoms with Crippen molar-refractivity contribution >= 4 is 5.91 Å². The average Bonchev–Trinajstić information content (AvgIpc) is 2.90. The topological polar surface area (TPSA) is 71.7 Å². The van der Waals surface area contributed by atoms with E-state index < -0.39 is 18.6 Å². The van der Waals surface area contributed by atoms with Crippen molar-refractivity contribution < 1.29 is 27.8 Å². The first kappa shape index (κ1) is 16.0. The Morgan fingerprint density at radius 1 is 1.41 bits per heavy atom. The molecule has 7 heteroatoms. The molecule has 2 rings (SSSR count). The first-order valence-electron chi connectivity index (χ1n) is 6.52. The zero-order chi connectivity index (χ0) is 16.1. The molecule has 5 nitrogen and oxygen atoms in total. The van der Waals surface area contributed by atoms with Gasteiger partial charge in [-0.05, 0) is 30.7 Å². The van der Waals surface area contributed by atoms with Crippen LogP contribution in [0.2, 0.25) is 0 Å². The summed E-state index contributed by atoms with van der Waals surface area (Å²) in [5.41, 5.74) is 1.04. The molecule has 0 radical (unpaired) electrons. The van der Waals surface area contributed by atoms with Gasteiger partial charge in [0.2, 0.25) is 0 Å². The normalized spacial score (nSPS) is 12.2. The second-order valence-corrected chi connectivity index (χ2v) is 4.61. The van der Waals surface area contributed by atoms with E-state index in [0.29, 0.717) is 11.1 Å². The van der Waals surface area contributed by atoms with Crippen LogP contribution in [0.15, 0.2) is 41.0 Å². The fourth-order valence-electron chi connectivity index (χ4n) is 1.89. The number of halogens is 2. The Hall–Kier alpha value is -2.41. The molecule has 0 aliphatic rings. The van der Waals surface area contributed by atoms with Crippen LogP contribution >= 0.6 is 0 Å². The molecule has 1 aromatic heterocycles. The van der Waals surface area contributed by atoms with Crippen molar-refractivity contribution in [2.45, 2.75) is 19.6 Å². The second-order valence-electron chi connectivity index (χ2n) is 4.61. The quantitative estimate of drug-likeness (QED) is 0.860. The Balaban J connectivity index is 1.96. The average molecular weight is 311 g/mol. The van der Waals surface area contributed by atoms with E-state index >= 15 is 0 Å². The Morgan fingerprint density at radius 3 is 2.82 bits per heavy atom. The van der Waals surface area contributed by atoms with Gasteiger partial charge in [-0.1, -0.05) is 12.1 Å². The Kier molecular flexibility index (Phi) is 5.11. The molecule has 2 N–H and O–H groups in total. The number of carbonyl (C=O) groups is 1. The number of furan rings is 1. The van der Waals surface area contributed by atoms with Gasteiger partial charge in [0, 0.05) is 12.1 Å². The number of hydrogen-bond acceptors (Lipinski definition) is 4. The van der Waals surface area contributed by atoms with Crippen molar-refractivity contribution in [2.24, 2.45) is 0 Å². The number of rotatable bonds is 6. The number of benzene rings is 1. The minimum Gasteiger partial charge on any atom is -0.459 e. The summed E-state index contributed by atoms with van der Waals surface area (Å²) < 4.78 is 33.6. The minimum absolute atomic E-state index is 0.0558. The molecule has 1 amide bonds.